The highest BCUT2D eigenvalue weighted by atomic mass is 32.5. The van der Waals surface area contributed by atoms with Gasteiger partial charge < -0.3 is 4.74 Å². The van der Waals surface area contributed by atoms with Gasteiger partial charge in [-0.3, -0.25) is 4.79 Å². The van der Waals surface area contributed by atoms with Crippen LogP contribution in [0.2, 0.25) is 0 Å². The van der Waals surface area contributed by atoms with Crippen LogP contribution in [0.1, 0.15) is 56.1 Å². The van der Waals surface area contributed by atoms with Gasteiger partial charge in [0.05, 0.1) is 5.92 Å². The highest BCUT2D eigenvalue weighted by molar-refractivity contribution is 8.45. The van der Waals surface area contributed by atoms with E-state index in [4.69, 9.17) is 4.74 Å². The lowest BCUT2D eigenvalue weighted by Gasteiger charge is -2.40. The number of carbonyl (C=O) groups excluding carboxylic acids is 1. The Hall–Kier alpha value is -2.09. The molecule has 8 heteroatoms. The average Bonchev–Trinajstić information content (AvgIpc) is 2.68. The Morgan fingerprint density at radius 1 is 0.900 bits per heavy atom. The predicted molar refractivity (Wildman–Crippen MR) is 109 cm³/mol. The van der Waals surface area contributed by atoms with E-state index in [1.165, 1.54) is 11.1 Å². The van der Waals surface area contributed by atoms with Gasteiger partial charge in [0.1, 0.15) is 10.6 Å². The number of carbonyl (C=O) groups is 1. The summed E-state index contributed by atoms with van der Waals surface area (Å²) in [5.74, 6) is -0.691. The average molecular weight is 448 g/mol. The topological polar surface area (TPSA) is 26.3 Å². The van der Waals surface area contributed by atoms with Crippen molar-refractivity contribution in [1.82, 2.24) is 0 Å². The lowest BCUT2D eigenvalue weighted by molar-refractivity contribution is -0.140. The molecule has 0 bridgehead atoms. The van der Waals surface area contributed by atoms with E-state index in [1.54, 1.807) is 0 Å². The zero-order chi connectivity index (χ0) is 22.1. The normalized spacial score (nSPS) is 22.1. The van der Waals surface area contributed by atoms with Crippen LogP contribution in [0.4, 0.5) is 19.4 Å². The molecule has 0 aliphatic heterocycles. The fourth-order valence-corrected chi connectivity index (χ4v) is 4.52. The molecular formula is C22H25F5O2S. The van der Waals surface area contributed by atoms with Crippen LogP contribution in [0.5, 0.6) is 5.75 Å². The highest BCUT2D eigenvalue weighted by Crippen LogP contribution is 3.02. The molecule has 1 aliphatic carbocycles. The molecule has 0 radical (unpaired) electrons. The highest BCUT2D eigenvalue weighted by Gasteiger charge is 2.65. The minimum absolute atomic E-state index is 0.167. The minimum Gasteiger partial charge on any atom is -0.426 e. The van der Waals surface area contributed by atoms with Gasteiger partial charge in [0.2, 0.25) is 0 Å². The summed E-state index contributed by atoms with van der Waals surface area (Å²) in [6.45, 7) is 2.13. The van der Waals surface area contributed by atoms with Crippen molar-refractivity contribution in [2.24, 2.45) is 5.92 Å². The fraction of sp³-hybridized carbons (Fsp3) is 0.409. The van der Waals surface area contributed by atoms with Crippen LogP contribution in [0.15, 0.2) is 53.4 Å². The molecule has 166 valence electrons. The van der Waals surface area contributed by atoms with Gasteiger partial charge in [-0.25, -0.2) is 0 Å². The molecule has 0 aromatic heterocycles. The van der Waals surface area contributed by atoms with Crippen molar-refractivity contribution in [3.05, 3.63) is 59.7 Å². The van der Waals surface area contributed by atoms with Gasteiger partial charge in [-0.15, -0.1) is 0 Å². The third-order valence-electron chi connectivity index (χ3n) is 5.54. The SMILES string of the molecule is CCCc1ccc([C@H]2CC[C@H](C(=O)Oc3ccc(S(F)(F)(F)(F)F)cc3)CC2)cc1. The Bertz CT molecular complexity index is 885. The van der Waals surface area contributed by atoms with Crippen molar-refractivity contribution in [2.75, 3.05) is 0 Å². The lowest BCUT2D eigenvalue weighted by atomic mass is 9.78. The van der Waals surface area contributed by atoms with Crippen molar-refractivity contribution >= 4 is 16.2 Å². The third kappa shape index (κ3) is 5.74. The van der Waals surface area contributed by atoms with E-state index in [2.05, 4.69) is 31.2 Å². The molecule has 1 aliphatic rings. The van der Waals surface area contributed by atoms with Crippen LogP contribution in [-0.4, -0.2) is 5.97 Å². The molecular weight excluding hydrogens is 423 g/mol. The molecule has 0 atom stereocenters. The second-order valence-electron chi connectivity index (χ2n) is 7.90. The summed E-state index contributed by atoms with van der Waals surface area (Å²) in [6.07, 6.45) is 5.00. The molecule has 0 heterocycles. The van der Waals surface area contributed by atoms with Gasteiger partial charge in [0.25, 0.3) is 0 Å². The monoisotopic (exact) mass is 448 g/mol. The summed E-state index contributed by atoms with van der Waals surface area (Å²) < 4.78 is 68.9. The molecule has 0 N–H and O–H groups in total. The zero-order valence-electron chi connectivity index (χ0n) is 16.6. The van der Waals surface area contributed by atoms with Crippen molar-refractivity contribution in [3.63, 3.8) is 0 Å². The molecule has 30 heavy (non-hydrogen) atoms. The minimum atomic E-state index is -9.73. The molecule has 3 rings (SSSR count). The Morgan fingerprint density at radius 2 is 1.47 bits per heavy atom. The van der Waals surface area contributed by atoms with Crippen molar-refractivity contribution in [1.29, 1.82) is 0 Å². The van der Waals surface area contributed by atoms with E-state index in [0.29, 0.717) is 18.8 Å². The molecule has 1 fully saturated rings. The van der Waals surface area contributed by atoms with Crippen LogP contribution in [0.3, 0.4) is 0 Å². The molecule has 0 saturated heterocycles. The maximum absolute atomic E-state index is 12.8. The van der Waals surface area contributed by atoms with Crippen LogP contribution in [0.25, 0.3) is 0 Å². The molecule has 0 amide bonds. The fourth-order valence-electron chi connectivity index (χ4n) is 3.87. The Balaban J connectivity index is 1.55. The first-order valence-corrected chi connectivity index (χ1v) is 12.0. The Kier molecular flexibility index (Phi) is 5.69. The van der Waals surface area contributed by atoms with Crippen LogP contribution >= 0.6 is 10.2 Å². The molecule has 2 aromatic rings. The summed E-state index contributed by atoms with van der Waals surface area (Å²) >= 11 is 0. The zero-order valence-corrected chi connectivity index (χ0v) is 17.4. The van der Waals surface area contributed by atoms with Crippen molar-refractivity contribution in [2.45, 2.75) is 56.3 Å². The van der Waals surface area contributed by atoms with Gasteiger partial charge in [-0.05, 0) is 73.4 Å². The van der Waals surface area contributed by atoms with Gasteiger partial charge in [-0.2, -0.15) is 0 Å². The van der Waals surface area contributed by atoms with E-state index in [1.807, 2.05) is 0 Å². The van der Waals surface area contributed by atoms with Gasteiger partial charge in [0.15, 0.2) is 0 Å². The number of hydrogen-bond donors (Lipinski definition) is 0. The Morgan fingerprint density at radius 3 is 1.97 bits per heavy atom. The van der Waals surface area contributed by atoms with E-state index in [0.717, 1.165) is 37.8 Å². The first-order chi connectivity index (χ1) is 13.9. The van der Waals surface area contributed by atoms with Crippen molar-refractivity contribution in [3.8, 4) is 5.75 Å². The van der Waals surface area contributed by atoms with Crippen LogP contribution in [0, 0.1) is 5.92 Å². The van der Waals surface area contributed by atoms with Gasteiger partial charge >= 0.3 is 16.2 Å². The summed E-state index contributed by atoms with van der Waals surface area (Å²) in [7, 11) is -9.73. The molecule has 1 saturated carbocycles. The largest absolute Gasteiger partial charge is 0.426 e. The quantitative estimate of drug-likeness (QED) is 0.253. The first kappa shape index (κ1) is 22.6. The van der Waals surface area contributed by atoms with E-state index in [9.17, 15) is 24.2 Å². The number of rotatable bonds is 6. The predicted octanol–water partition coefficient (Wildman–Crippen LogP) is 8.18. The Labute approximate surface area is 173 Å². The lowest BCUT2D eigenvalue weighted by Crippen LogP contribution is -2.25. The smallest absolute Gasteiger partial charge is 0.314 e. The maximum Gasteiger partial charge on any atom is 0.314 e. The first-order valence-electron chi connectivity index (χ1n) is 10.0. The number of halogens is 5. The summed E-state index contributed by atoms with van der Waals surface area (Å²) in [5.41, 5.74) is 2.54. The second-order valence-corrected chi connectivity index (χ2v) is 10.3. The molecule has 2 nitrogen and oxygen atoms in total. The van der Waals surface area contributed by atoms with Crippen LogP contribution < -0.4 is 4.74 Å². The number of hydrogen-bond acceptors (Lipinski definition) is 2. The molecule has 0 spiro atoms. The van der Waals surface area contributed by atoms with E-state index >= 15 is 0 Å². The van der Waals surface area contributed by atoms with Crippen LogP contribution in [-0.2, 0) is 11.2 Å². The number of esters is 1. The summed E-state index contributed by atoms with van der Waals surface area (Å²) in [4.78, 5) is 10.4. The summed E-state index contributed by atoms with van der Waals surface area (Å²) in [6, 6.07) is 10.6. The van der Waals surface area contributed by atoms with Gasteiger partial charge in [-0.1, -0.05) is 57.0 Å². The van der Waals surface area contributed by atoms with E-state index in [-0.39, 0.29) is 23.8 Å². The van der Waals surface area contributed by atoms with Gasteiger partial charge in [0, 0.05) is 0 Å². The molecule has 0 unspecified atom stereocenters. The standard InChI is InChI=1S/C22H25F5O2S/c1-2-3-16-4-6-17(7-5-16)18-8-10-19(11-9-18)22(28)29-20-12-14-21(15-13-20)30(23,24,25,26)27/h4-7,12-15,18-19H,2-3,8-11H2,1H3/t18-,19-. The molecule has 2 aromatic carbocycles. The second kappa shape index (κ2) is 7.55. The van der Waals surface area contributed by atoms with Crippen molar-refractivity contribution < 1.29 is 29.0 Å². The maximum atomic E-state index is 12.8. The third-order valence-corrected chi connectivity index (χ3v) is 6.70. The number of benzene rings is 2. The van der Waals surface area contributed by atoms with E-state index < -0.39 is 21.1 Å². The number of ether oxygens (including phenoxy) is 1. The summed E-state index contributed by atoms with van der Waals surface area (Å²) in [5, 5.41) is 0. The number of aryl methyl sites for hydroxylation is 1.